The molecule has 2 saturated heterocycles. The highest BCUT2D eigenvalue weighted by molar-refractivity contribution is 9.10. The van der Waals surface area contributed by atoms with Crippen molar-refractivity contribution < 1.29 is 14.3 Å². The third-order valence-corrected chi connectivity index (χ3v) is 7.77. The van der Waals surface area contributed by atoms with Crippen LogP contribution in [0.4, 0.5) is 0 Å². The molecule has 2 aliphatic rings. The van der Waals surface area contributed by atoms with E-state index in [2.05, 4.69) is 15.9 Å². The number of carbonyl (C=O) groups excluding carboxylic acids is 1. The molecule has 6 nitrogen and oxygen atoms in total. The molecule has 0 saturated carbocycles. The molecule has 2 fully saturated rings. The quantitative estimate of drug-likeness (QED) is 0.552. The van der Waals surface area contributed by atoms with Gasteiger partial charge in [0.1, 0.15) is 9.71 Å². The molecule has 1 unspecified atom stereocenters. The Hall–Kier alpha value is -2.00. The summed E-state index contributed by atoms with van der Waals surface area (Å²) in [6.45, 7) is 1.87. The van der Waals surface area contributed by atoms with Gasteiger partial charge in [-0.1, -0.05) is 18.2 Å². The van der Waals surface area contributed by atoms with E-state index in [0.29, 0.717) is 18.0 Å². The average molecular weight is 489 g/mol. The fraction of sp³-hybridized carbons (Fsp3) is 0.364. The molecule has 0 N–H and O–H groups in total. The third kappa shape index (κ3) is 3.62. The molecule has 8 heteroatoms. The van der Waals surface area contributed by atoms with E-state index in [0.717, 1.165) is 46.2 Å². The number of hydrogen-bond acceptors (Lipinski definition) is 5. The van der Waals surface area contributed by atoms with E-state index >= 15 is 0 Å². The van der Waals surface area contributed by atoms with E-state index in [1.54, 1.807) is 21.6 Å². The highest BCUT2D eigenvalue weighted by Gasteiger charge is 2.36. The lowest BCUT2D eigenvalue weighted by Gasteiger charge is -2.40. The van der Waals surface area contributed by atoms with Gasteiger partial charge in [0.25, 0.3) is 11.5 Å². The average Bonchev–Trinajstić information content (AvgIpc) is 3.07. The molecular formula is C22H21BrN2O4S. The Balaban J connectivity index is 1.38. The molecule has 1 atom stereocenters. The number of aromatic nitrogens is 1. The lowest BCUT2D eigenvalue weighted by Crippen LogP contribution is -2.56. The van der Waals surface area contributed by atoms with Gasteiger partial charge in [0.15, 0.2) is 6.29 Å². The summed E-state index contributed by atoms with van der Waals surface area (Å²) in [6.07, 6.45) is 3.01. The highest BCUT2D eigenvalue weighted by atomic mass is 79.9. The maximum Gasteiger partial charge on any atom is 0.265 e. The zero-order chi connectivity index (χ0) is 20.7. The van der Waals surface area contributed by atoms with Crippen LogP contribution in [0.2, 0.25) is 0 Å². The second kappa shape index (κ2) is 8.26. The first kappa shape index (κ1) is 19.9. The van der Waals surface area contributed by atoms with Crippen molar-refractivity contribution in [2.24, 2.45) is 0 Å². The number of likely N-dealkylation sites (tertiary alicyclic amines) is 1. The van der Waals surface area contributed by atoms with Gasteiger partial charge in [-0.15, -0.1) is 11.3 Å². The maximum atomic E-state index is 13.1. The zero-order valence-electron chi connectivity index (χ0n) is 16.3. The Labute approximate surface area is 186 Å². The molecule has 0 aliphatic carbocycles. The summed E-state index contributed by atoms with van der Waals surface area (Å²) in [6, 6.07) is 12.8. The standard InChI is InChI=1S/C22H21BrN2O4S/c23-19-16-9-10-17(26)25(14-6-2-1-3-7-14)22(16)30-20(19)21(27)24-12-15(13-24)29-18-8-4-5-11-28-18/h1-3,6-7,9-10,15,18H,4-5,8,11-13H2. The van der Waals surface area contributed by atoms with Crippen LogP contribution in [-0.4, -0.2) is 47.5 Å². The summed E-state index contributed by atoms with van der Waals surface area (Å²) in [5, 5.41) is 0.857. The maximum absolute atomic E-state index is 13.1. The monoisotopic (exact) mass is 488 g/mol. The molecule has 156 valence electrons. The van der Waals surface area contributed by atoms with Gasteiger partial charge >= 0.3 is 0 Å². The number of thiophene rings is 1. The molecule has 0 radical (unpaired) electrons. The molecule has 0 bridgehead atoms. The number of hydrogen-bond donors (Lipinski definition) is 0. The number of benzene rings is 1. The van der Waals surface area contributed by atoms with Crippen molar-refractivity contribution in [1.82, 2.24) is 9.47 Å². The topological polar surface area (TPSA) is 60.8 Å². The van der Waals surface area contributed by atoms with Crippen LogP contribution in [0.3, 0.4) is 0 Å². The number of rotatable bonds is 4. The van der Waals surface area contributed by atoms with Crippen LogP contribution in [0.5, 0.6) is 0 Å². The largest absolute Gasteiger partial charge is 0.353 e. The normalized spacial score (nSPS) is 19.8. The van der Waals surface area contributed by atoms with Gasteiger partial charge in [0.2, 0.25) is 0 Å². The molecule has 3 aromatic rings. The molecule has 1 aromatic carbocycles. The lowest BCUT2D eigenvalue weighted by molar-refractivity contribution is -0.208. The second-order valence-electron chi connectivity index (χ2n) is 7.57. The first-order valence-electron chi connectivity index (χ1n) is 10.1. The summed E-state index contributed by atoms with van der Waals surface area (Å²) in [5.41, 5.74) is 0.664. The molecule has 5 rings (SSSR count). The van der Waals surface area contributed by atoms with Crippen LogP contribution in [0.25, 0.3) is 15.9 Å². The van der Waals surface area contributed by atoms with Crippen molar-refractivity contribution in [3.63, 3.8) is 0 Å². The number of para-hydroxylation sites is 1. The minimum atomic E-state index is -0.141. The van der Waals surface area contributed by atoms with Crippen molar-refractivity contribution in [3.8, 4) is 5.69 Å². The summed E-state index contributed by atoms with van der Waals surface area (Å²) in [5.74, 6) is -0.0421. The number of fused-ring (bicyclic) bond motifs is 1. The van der Waals surface area contributed by atoms with Crippen LogP contribution in [0.1, 0.15) is 28.9 Å². The van der Waals surface area contributed by atoms with E-state index in [1.807, 2.05) is 30.3 Å². The van der Waals surface area contributed by atoms with Crippen molar-refractivity contribution >= 4 is 43.4 Å². The van der Waals surface area contributed by atoms with Crippen LogP contribution in [0, 0.1) is 0 Å². The minimum Gasteiger partial charge on any atom is -0.353 e. The Bertz CT molecular complexity index is 1130. The first-order valence-corrected chi connectivity index (χ1v) is 11.7. The van der Waals surface area contributed by atoms with Crippen LogP contribution < -0.4 is 5.56 Å². The molecule has 2 aliphatic heterocycles. The molecule has 1 amide bonds. The molecule has 2 aromatic heterocycles. The fourth-order valence-corrected chi connectivity index (χ4v) is 5.92. The Morgan fingerprint density at radius 3 is 2.67 bits per heavy atom. The third-order valence-electron chi connectivity index (χ3n) is 5.51. The van der Waals surface area contributed by atoms with Gasteiger partial charge in [-0.3, -0.25) is 14.2 Å². The molecule has 30 heavy (non-hydrogen) atoms. The second-order valence-corrected chi connectivity index (χ2v) is 9.36. The van der Waals surface area contributed by atoms with E-state index in [9.17, 15) is 9.59 Å². The number of carbonyl (C=O) groups is 1. The molecule has 4 heterocycles. The summed E-state index contributed by atoms with van der Waals surface area (Å²) >= 11 is 4.94. The first-order chi connectivity index (χ1) is 14.6. The fourth-order valence-electron chi connectivity index (χ4n) is 3.88. The van der Waals surface area contributed by atoms with Crippen molar-refractivity contribution in [1.29, 1.82) is 0 Å². The van der Waals surface area contributed by atoms with Gasteiger partial charge < -0.3 is 14.4 Å². The van der Waals surface area contributed by atoms with Crippen LogP contribution in [-0.2, 0) is 9.47 Å². The summed E-state index contributed by atoms with van der Waals surface area (Å²) < 4.78 is 14.0. The van der Waals surface area contributed by atoms with Gasteiger partial charge in [-0.05, 0) is 53.4 Å². The van der Waals surface area contributed by atoms with Gasteiger partial charge in [-0.25, -0.2) is 0 Å². The molecular weight excluding hydrogens is 468 g/mol. The SMILES string of the molecule is O=C(c1sc2c(ccc(=O)n2-c2ccccc2)c1Br)N1CC(OC2CCCCO2)C1. The minimum absolute atomic E-state index is 0.0210. The van der Waals surface area contributed by atoms with E-state index in [4.69, 9.17) is 9.47 Å². The smallest absolute Gasteiger partial charge is 0.265 e. The number of ether oxygens (including phenoxy) is 2. The number of pyridine rings is 1. The highest BCUT2D eigenvalue weighted by Crippen LogP contribution is 2.37. The van der Waals surface area contributed by atoms with Gasteiger partial charge in [-0.2, -0.15) is 0 Å². The summed E-state index contributed by atoms with van der Waals surface area (Å²) in [7, 11) is 0. The number of halogens is 1. The van der Waals surface area contributed by atoms with E-state index in [1.165, 1.54) is 11.3 Å². The number of nitrogens with zero attached hydrogens (tertiary/aromatic N) is 2. The lowest BCUT2D eigenvalue weighted by atomic mass is 10.1. The number of amides is 1. The zero-order valence-corrected chi connectivity index (χ0v) is 18.7. The Morgan fingerprint density at radius 1 is 1.13 bits per heavy atom. The van der Waals surface area contributed by atoms with Crippen molar-refractivity contribution in [3.05, 3.63) is 62.2 Å². The van der Waals surface area contributed by atoms with Crippen LogP contribution >= 0.6 is 27.3 Å². The Morgan fingerprint density at radius 2 is 1.93 bits per heavy atom. The predicted molar refractivity (Wildman–Crippen MR) is 119 cm³/mol. The van der Waals surface area contributed by atoms with E-state index in [-0.39, 0.29) is 23.9 Å². The molecule has 0 spiro atoms. The van der Waals surface area contributed by atoms with Gasteiger partial charge in [0.05, 0.1) is 16.3 Å². The van der Waals surface area contributed by atoms with Crippen molar-refractivity contribution in [2.75, 3.05) is 19.7 Å². The van der Waals surface area contributed by atoms with Gasteiger partial charge in [0, 0.05) is 31.1 Å². The predicted octanol–water partition coefficient (Wildman–Crippen LogP) is 4.18. The Kier molecular flexibility index (Phi) is 5.49. The van der Waals surface area contributed by atoms with Crippen LogP contribution in [0.15, 0.2) is 51.7 Å². The van der Waals surface area contributed by atoms with E-state index < -0.39 is 0 Å². The van der Waals surface area contributed by atoms with Crippen molar-refractivity contribution in [2.45, 2.75) is 31.7 Å². The summed E-state index contributed by atoms with van der Waals surface area (Å²) in [4.78, 5) is 28.9.